The first kappa shape index (κ1) is 9.42. The number of pyridine rings is 1. The lowest BCUT2D eigenvalue weighted by Gasteiger charge is -2.07. The summed E-state index contributed by atoms with van der Waals surface area (Å²) < 4.78 is 11.8. The van der Waals surface area contributed by atoms with Crippen LogP contribution in [-0.2, 0) is 4.57 Å². The van der Waals surface area contributed by atoms with Crippen molar-refractivity contribution in [3.05, 3.63) is 36.5 Å². The molecule has 0 aliphatic rings. The smallest absolute Gasteiger partial charge is 0.109 e. The summed E-state index contributed by atoms with van der Waals surface area (Å²) >= 11 is 0. The SMILES string of the molecule is CP(C)(=O)c1ccc2ncccc2c1. The molecule has 2 rings (SSSR count). The Balaban J connectivity index is 2.69. The van der Waals surface area contributed by atoms with Crippen LogP contribution in [0.3, 0.4) is 0 Å². The number of benzene rings is 1. The quantitative estimate of drug-likeness (QED) is 0.669. The second-order valence-electron chi connectivity index (χ2n) is 3.73. The maximum absolute atomic E-state index is 11.8. The average molecular weight is 205 g/mol. The Kier molecular flexibility index (Phi) is 2.16. The summed E-state index contributed by atoms with van der Waals surface area (Å²) in [7, 11) is -2.15. The molecule has 0 unspecified atom stereocenters. The molecule has 0 radical (unpaired) electrons. The van der Waals surface area contributed by atoms with Crippen LogP contribution < -0.4 is 5.30 Å². The Bertz CT molecular complexity index is 515. The van der Waals surface area contributed by atoms with Crippen LogP contribution in [0.15, 0.2) is 36.5 Å². The number of hydrogen-bond donors (Lipinski definition) is 0. The number of fused-ring (bicyclic) bond motifs is 1. The van der Waals surface area contributed by atoms with Crippen LogP contribution in [0.1, 0.15) is 0 Å². The molecule has 0 atom stereocenters. The molecule has 0 bridgehead atoms. The van der Waals surface area contributed by atoms with E-state index < -0.39 is 7.14 Å². The third kappa shape index (κ3) is 1.71. The van der Waals surface area contributed by atoms with Gasteiger partial charge in [-0.2, -0.15) is 0 Å². The van der Waals surface area contributed by atoms with E-state index in [-0.39, 0.29) is 0 Å². The highest BCUT2D eigenvalue weighted by Gasteiger charge is 2.10. The van der Waals surface area contributed by atoms with Crippen LogP contribution in [0.5, 0.6) is 0 Å². The summed E-state index contributed by atoms with van der Waals surface area (Å²) in [5.41, 5.74) is 0.949. The summed E-state index contributed by atoms with van der Waals surface area (Å²) in [5.74, 6) is 0. The van der Waals surface area contributed by atoms with Gasteiger partial charge in [-0.3, -0.25) is 4.98 Å². The number of rotatable bonds is 1. The maximum atomic E-state index is 11.8. The lowest BCUT2D eigenvalue weighted by Crippen LogP contribution is -2.01. The van der Waals surface area contributed by atoms with Gasteiger partial charge in [0.05, 0.1) is 5.52 Å². The first-order valence-corrected chi connectivity index (χ1v) is 7.08. The molecule has 0 amide bonds. The molecule has 14 heavy (non-hydrogen) atoms. The standard InChI is InChI=1S/C11H12NOP/c1-14(2,13)10-5-6-11-9(8-10)4-3-7-12-11/h3-8H,1-2H3. The highest BCUT2D eigenvalue weighted by molar-refractivity contribution is 7.70. The summed E-state index contributed by atoms with van der Waals surface area (Å²) in [6.07, 6.45) is 1.76. The fraction of sp³-hybridized carbons (Fsp3) is 0.182. The molecular formula is C11H12NOP. The van der Waals surface area contributed by atoms with Gasteiger partial charge in [0, 0.05) is 16.9 Å². The van der Waals surface area contributed by atoms with Gasteiger partial charge in [0.2, 0.25) is 0 Å². The van der Waals surface area contributed by atoms with E-state index >= 15 is 0 Å². The Morgan fingerprint density at radius 2 is 2.00 bits per heavy atom. The van der Waals surface area contributed by atoms with Gasteiger partial charge in [-0.1, -0.05) is 6.07 Å². The van der Waals surface area contributed by atoms with Crippen molar-refractivity contribution in [1.29, 1.82) is 0 Å². The maximum Gasteiger partial charge on any atom is 0.109 e. The molecule has 1 aromatic carbocycles. The van der Waals surface area contributed by atoms with E-state index in [0.29, 0.717) is 0 Å². The normalized spacial score (nSPS) is 11.9. The van der Waals surface area contributed by atoms with Gasteiger partial charge in [-0.05, 0) is 37.6 Å². The molecule has 0 aliphatic heterocycles. The van der Waals surface area contributed by atoms with Crippen molar-refractivity contribution in [1.82, 2.24) is 4.98 Å². The van der Waals surface area contributed by atoms with Crippen molar-refractivity contribution < 1.29 is 4.57 Å². The summed E-state index contributed by atoms with van der Waals surface area (Å²) in [6, 6.07) is 9.66. The molecule has 0 spiro atoms. The first-order valence-electron chi connectivity index (χ1n) is 4.48. The zero-order chi connectivity index (χ0) is 10.2. The van der Waals surface area contributed by atoms with Crippen molar-refractivity contribution in [3.8, 4) is 0 Å². The number of nitrogens with zero attached hydrogens (tertiary/aromatic N) is 1. The molecular weight excluding hydrogens is 193 g/mol. The van der Waals surface area contributed by atoms with Crippen molar-refractivity contribution >= 4 is 23.3 Å². The average Bonchev–Trinajstić information content (AvgIpc) is 2.16. The van der Waals surface area contributed by atoms with Crippen LogP contribution in [0.25, 0.3) is 10.9 Å². The Hall–Kier alpha value is -1.14. The van der Waals surface area contributed by atoms with Gasteiger partial charge < -0.3 is 4.57 Å². The molecule has 1 heterocycles. The Morgan fingerprint density at radius 1 is 1.21 bits per heavy atom. The largest absolute Gasteiger partial charge is 0.319 e. The van der Waals surface area contributed by atoms with E-state index in [1.165, 1.54) is 0 Å². The van der Waals surface area contributed by atoms with Crippen molar-refractivity contribution in [2.45, 2.75) is 0 Å². The topological polar surface area (TPSA) is 30.0 Å². The van der Waals surface area contributed by atoms with E-state index in [1.54, 1.807) is 19.5 Å². The highest BCUT2D eigenvalue weighted by Crippen LogP contribution is 2.35. The second kappa shape index (κ2) is 3.21. The van der Waals surface area contributed by atoms with Crippen LogP contribution in [-0.4, -0.2) is 18.3 Å². The molecule has 0 saturated heterocycles. The Labute approximate surface area is 83.4 Å². The summed E-state index contributed by atoms with van der Waals surface area (Å²) in [5, 5.41) is 1.96. The first-order chi connectivity index (χ1) is 6.57. The molecule has 3 heteroatoms. The predicted octanol–water partition coefficient (Wildman–Crippen LogP) is 2.48. The van der Waals surface area contributed by atoms with Crippen molar-refractivity contribution in [2.24, 2.45) is 0 Å². The van der Waals surface area contributed by atoms with Crippen LogP contribution in [0.2, 0.25) is 0 Å². The fourth-order valence-electron chi connectivity index (χ4n) is 1.40. The zero-order valence-corrected chi connectivity index (χ0v) is 9.16. The predicted molar refractivity (Wildman–Crippen MR) is 60.8 cm³/mol. The zero-order valence-electron chi connectivity index (χ0n) is 8.27. The lowest BCUT2D eigenvalue weighted by molar-refractivity contribution is 0.588. The number of hydrogen-bond acceptors (Lipinski definition) is 2. The molecule has 0 aliphatic carbocycles. The van der Waals surface area contributed by atoms with Gasteiger partial charge in [0.25, 0.3) is 0 Å². The molecule has 2 nitrogen and oxygen atoms in total. The van der Waals surface area contributed by atoms with Gasteiger partial charge >= 0.3 is 0 Å². The minimum absolute atomic E-state index is 0.915. The molecule has 0 fully saturated rings. The Morgan fingerprint density at radius 3 is 2.71 bits per heavy atom. The molecule has 2 aromatic rings. The van der Waals surface area contributed by atoms with Gasteiger partial charge in [-0.15, -0.1) is 0 Å². The molecule has 0 saturated carbocycles. The van der Waals surface area contributed by atoms with Crippen molar-refractivity contribution in [3.63, 3.8) is 0 Å². The fourth-order valence-corrected chi connectivity index (χ4v) is 2.28. The molecule has 0 N–H and O–H groups in total. The third-order valence-electron chi connectivity index (χ3n) is 2.21. The summed E-state index contributed by atoms with van der Waals surface area (Å²) in [4.78, 5) is 4.21. The third-order valence-corrected chi connectivity index (χ3v) is 3.73. The van der Waals surface area contributed by atoms with Crippen LogP contribution in [0, 0.1) is 0 Å². The van der Waals surface area contributed by atoms with E-state index in [1.807, 2.05) is 30.3 Å². The van der Waals surface area contributed by atoms with E-state index in [4.69, 9.17) is 0 Å². The van der Waals surface area contributed by atoms with Gasteiger partial charge in [0.1, 0.15) is 7.14 Å². The van der Waals surface area contributed by atoms with E-state index in [2.05, 4.69) is 4.98 Å². The summed E-state index contributed by atoms with van der Waals surface area (Å²) in [6.45, 7) is 3.56. The molecule has 72 valence electrons. The number of aromatic nitrogens is 1. The monoisotopic (exact) mass is 205 g/mol. The van der Waals surface area contributed by atoms with Gasteiger partial charge in [-0.25, -0.2) is 0 Å². The second-order valence-corrected chi connectivity index (χ2v) is 6.95. The van der Waals surface area contributed by atoms with E-state index in [9.17, 15) is 4.57 Å². The minimum Gasteiger partial charge on any atom is -0.319 e. The van der Waals surface area contributed by atoms with Crippen LogP contribution >= 0.6 is 7.14 Å². The van der Waals surface area contributed by atoms with Crippen LogP contribution in [0.4, 0.5) is 0 Å². The highest BCUT2D eigenvalue weighted by atomic mass is 31.2. The lowest BCUT2D eigenvalue weighted by atomic mass is 10.2. The minimum atomic E-state index is -2.15. The molecule has 1 aromatic heterocycles. The van der Waals surface area contributed by atoms with Gasteiger partial charge in [0.15, 0.2) is 0 Å². The van der Waals surface area contributed by atoms with E-state index in [0.717, 1.165) is 16.2 Å². The van der Waals surface area contributed by atoms with Crippen molar-refractivity contribution in [2.75, 3.05) is 13.3 Å².